The van der Waals surface area contributed by atoms with Crippen LogP contribution in [0.25, 0.3) is 10.6 Å². The van der Waals surface area contributed by atoms with Crippen molar-refractivity contribution in [1.29, 1.82) is 0 Å². The Hall–Kier alpha value is -2.59. The summed E-state index contributed by atoms with van der Waals surface area (Å²) in [5, 5.41) is 16.0. The molecule has 2 atom stereocenters. The van der Waals surface area contributed by atoms with Crippen LogP contribution < -0.4 is 5.32 Å². The fourth-order valence-electron chi connectivity index (χ4n) is 3.58. The molecule has 3 heterocycles. The molecule has 4 rings (SSSR count). The number of aryl methyl sites for hydroxylation is 1. The summed E-state index contributed by atoms with van der Waals surface area (Å²) in [7, 11) is 1.31. The number of carbonyl (C=O) groups excluding carboxylic acids is 2. The van der Waals surface area contributed by atoms with Crippen molar-refractivity contribution in [3.8, 4) is 10.6 Å². The zero-order chi connectivity index (χ0) is 20.4. The second-order valence-corrected chi connectivity index (χ2v) is 8.73. The monoisotopic (exact) mass is 431 g/mol. The maximum Gasteiger partial charge on any atom is 0.360 e. The summed E-state index contributed by atoms with van der Waals surface area (Å²) in [5.41, 5.74) is 1.94. The van der Waals surface area contributed by atoms with E-state index in [0.29, 0.717) is 4.88 Å². The van der Waals surface area contributed by atoms with Crippen molar-refractivity contribution in [2.24, 2.45) is 0 Å². The van der Waals surface area contributed by atoms with E-state index in [-0.39, 0.29) is 23.7 Å². The predicted octanol–water partition coefficient (Wildman–Crippen LogP) is 3.47. The fourth-order valence-corrected chi connectivity index (χ4v) is 5.26. The maximum absolute atomic E-state index is 13.0. The minimum atomic E-state index is -0.520. The van der Waals surface area contributed by atoms with E-state index in [2.05, 4.69) is 20.6 Å². The Bertz CT molecular complexity index is 1010. The van der Waals surface area contributed by atoms with E-state index in [1.807, 2.05) is 23.8 Å². The molecule has 1 aliphatic carbocycles. The molecule has 10 heteroatoms. The highest BCUT2D eigenvalue weighted by atomic mass is 32.1. The molecule has 1 N–H and O–H groups in total. The van der Waals surface area contributed by atoms with E-state index in [4.69, 9.17) is 4.74 Å². The third-order valence-electron chi connectivity index (χ3n) is 5.06. The predicted molar refractivity (Wildman–Crippen MR) is 110 cm³/mol. The number of methoxy groups -OCH3 is 1. The molecule has 1 aliphatic rings. The summed E-state index contributed by atoms with van der Waals surface area (Å²) in [6, 6.07) is 1.86. The lowest BCUT2D eigenvalue weighted by Gasteiger charge is -2.31. The van der Waals surface area contributed by atoms with E-state index >= 15 is 0 Å². The summed E-state index contributed by atoms with van der Waals surface area (Å²) in [5.74, 6) is -0.638. The van der Waals surface area contributed by atoms with Crippen LogP contribution in [0.15, 0.2) is 23.0 Å². The molecule has 0 bridgehead atoms. The first-order valence-electron chi connectivity index (χ1n) is 9.38. The number of ether oxygens (including phenoxy) is 1. The number of amides is 1. The quantitative estimate of drug-likeness (QED) is 0.621. The van der Waals surface area contributed by atoms with Gasteiger partial charge in [-0.05, 0) is 31.2 Å². The molecular formula is C19H21N5O3S2. The van der Waals surface area contributed by atoms with Crippen LogP contribution in [-0.4, -0.2) is 45.0 Å². The molecule has 3 aromatic heterocycles. The Morgan fingerprint density at radius 3 is 2.90 bits per heavy atom. The minimum Gasteiger partial charge on any atom is -0.464 e. The molecule has 0 saturated heterocycles. The number of thiazole rings is 1. The van der Waals surface area contributed by atoms with E-state index in [1.54, 1.807) is 22.2 Å². The van der Waals surface area contributed by atoms with Crippen LogP contribution >= 0.6 is 22.7 Å². The third-order valence-corrected chi connectivity index (χ3v) is 6.95. The van der Waals surface area contributed by atoms with E-state index in [1.165, 1.54) is 18.4 Å². The van der Waals surface area contributed by atoms with Crippen LogP contribution in [0.1, 0.15) is 57.6 Å². The van der Waals surface area contributed by atoms with Gasteiger partial charge in [-0.15, -0.1) is 16.4 Å². The number of thiophene rings is 1. The van der Waals surface area contributed by atoms with E-state index in [0.717, 1.165) is 41.9 Å². The average Bonchev–Trinajstić information content (AvgIpc) is 3.48. The summed E-state index contributed by atoms with van der Waals surface area (Å²) < 4.78 is 6.38. The summed E-state index contributed by atoms with van der Waals surface area (Å²) >= 11 is 3.02. The molecule has 0 aromatic carbocycles. The molecule has 1 amide bonds. The largest absolute Gasteiger partial charge is 0.464 e. The van der Waals surface area contributed by atoms with Gasteiger partial charge < -0.3 is 10.1 Å². The maximum atomic E-state index is 13.0. The van der Waals surface area contributed by atoms with Crippen molar-refractivity contribution in [2.45, 2.75) is 44.7 Å². The number of carbonyl (C=O) groups is 2. The van der Waals surface area contributed by atoms with Crippen LogP contribution in [-0.2, 0) is 4.74 Å². The van der Waals surface area contributed by atoms with Gasteiger partial charge in [0.05, 0.1) is 31.1 Å². The van der Waals surface area contributed by atoms with Crippen LogP contribution in [0, 0.1) is 6.92 Å². The number of nitrogens with zero attached hydrogens (tertiary/aromatic N) is 4. The molecule has 1 fully saturated rings. The van der Waals surface area contributed by atoms with E-state index < -0.39 is 5.97 Å². The molecule has 1 saturated carbocycles. The van der Waals surface area contributed by atoms with Gasteiger partial charge in [-0.1, -0.05) is 18.1 Å². The lowest BCUT2D eigenvalue weighted by molar-refractivity contribution is 0.0593. The van der Waals surface area contributed by atoms with Crippen molar-refractivity contribution in [3.05, 3.63) is 39.3 Å². The minimum absolute atomic E-state index is 0.0526. The lowest BCUT2D eigenvalue weighted by Crippen LogP contribution is -2.43. The molecule has 0 spiro atoms. The SMILES string of the molecule is COC(=O)c1cn([C@H]2CCCC[C@@H]2NC(=O)c2sc(-c3ccsc3)nc2C)nn1. The Morgan fingerprint density at radius 1 is 1.31 bits per heavy atom. The third kappa shape index (κ3) is 4.08. The van der Waals surface area contributed by atoms with Gasteiger partial charge in [-0.25, -0.2) is 14.5 Å². The highest BCUT2D eigenvalue weighted by Crippen LogP contribution is 2.31. The van der Waals surface area contributed by atoms with Gasteiger partial charge in [0.2, 0.25) is 0 Å². The zero-order valence-electron chi connectivity index (χ0n) is 16.1. The Kier molecular flexibility index (Phi) is 5.72. The van der Waals surface area contributed by atoms with Gasteiger partial charge in [0.1, 0.15) is 9.88 Å². The van der Waals surface area contributed by atoms with Gasteiger partial charge >= 0.3 is 5.97 Å². The number of rotatable bonds is 5. The number of aromatic nitrogens is 4. The van der Waals surface area contributed by atoms with Gasteiger partial charge in [0.25, 0.3) is 5.91 Å². The topological polar surface area (TPSA) is 99.0 Å². The average molecular weight is 432 g/mol. The number of hydrogen-bond donors (Lipinski definition) is 1. The van der Waals surface area contributed by atoms with Crippen molar-refractivity contribution < 1.29 is 14.3 Å². The van der Waals surface area contributed by atoms with Crippen molar-refractivity contribution in [1.82, 2.24) is 25.3 Å². The summed E-state index contributed by atoms with van der Waals surface area (Å²) in [6.45, 7) is 1.86. The normalized spacial score (nSPS) is 19.1. The highest BCUT2D eigenvalue weighted by Gasteiger charge is 2.31. The van der Waals surface area contributed by atoms with Gasteiger partial charge in [-0.3, -0.25) is 4.79 Å². The molecule has 8 nitrogen and oxygen atoms in total. The molecule has 152 valence electrons. The second-order valence-electron chi connectivity index (χ2n) is 6.95. The second kappa shape index (κ2) is 8.42. The first-order chi connectivity index (χ1) is 14.1. The highest BCUT2D eigenvalue weighted by molar-refractivity contribution is 7.17. The first-order valence-corrected chi connectivity index (χ1v) is 11.1. The lowest BCUT2D eigenvalue weighted by atomic mass is 9.90. The smallest absolute Gasteiger partial charge is 0.360 e. The summed E-state index contributed by atoms with van der Waals surface area (Å²) in [4.78, 5) is 29.9. The Labute approximate surface area is 175 Å². The molecule has 0 unspecified atom stereocenters. The standard InChI is InChI=1S/C19H21N5O3S2/c1-11-16(29-18(20-11)12-7-8-28-10-12)17(25)21-13-5-3-4-6-15(13)24-9-14(22-23-24)19(26)27-2/h7-10,13,15H,3-6H2,1-2H3,(H,21,25)/t13-,15-/m0/s1. The van der Waals surface area contributed by atoms with Gasteiger partial charge in [0, 0.05) is 10.9 Å². The van der Waals surface area contributed by atoms with Crippen LogP contribution in [0.4, 0.5) is 0 Å². The van der Waals surface area contributed by atoms with Crippen LogP contribution in [0.5, 0.6) is 0 Å². The zero-order valence-corrected chi connectivity index (χ0v) is 17.8. The fraction of sp³-hybridized carbons (Fsp3) is 0.421. The van der Waals surface area contributed by atoms with Crippen LogP contribution in [0.2, 0.25) is 0 Å². The molecule has 0 radical (unpaired) electrons. The molecule has 29 heavy (non-hydrogen) atoms. The number of hydrogen-bond acceptors (Lipinski definition) is 8. The van der Waals surface area contributed by atoms with Gasteiger partial charge in [-0.2, -0.15) is 11.3 Å². The summed E-state index contributed by atoms with van der Waals surface area (Å²) in [6.07, 6.45) is 5.36. The number of esters is 1. The van der Waals surface area contributed by atoms with Gasteiger partial charge in [0.15, 0.2) is 5.69 Å². The van der Waals surface area contributed by atoms with E-state index in [9.17, 15) is 9.59 Å². The Morgan fingerprint density at radius 2 is 2.14 bits per heavy atom. The number of nitrogens with one attached hydrogen (secondary N) is 1. The molecule has 0 aliphatic heterocycles. The van der Waals surface area contributed by atoms with Crippen LogP contribution in [0.3, 0.4) is 0 Å². The van der Waals surface area contributed by atoms with Crippen molar-refractivity contribution >= 4 is 34.6 Å². The molecular weight excluding hydrogens is 410 g/mol. The van der Waals surface area contributed by atoms with Crippen molar-refractivity contribution in [2.75, 3.05) is 7.11 Å². The van der Waals surface area contributed by atoms with Crippen molar-refractivity contribution in [3.63, 3.8) is 0 Å². The molecule has 3 aromatic rings. The Balaban J connectivity index is 1.52. The first kappa shape index (κ1) is 19.7.